The topological polar surface area (TPSA) is 17.8 Å². The van der Waals surface area contributed by atoms with Crippen LogP contribution in [0.2, 0.25) is 0 Å². The smallest absolute Gasteiger partial charge is 0.292 e. The van der Waals surface area contributed by atoms with Crippen LogP contribution < -0.4 is 0 Å². The first-order valence-corrected chi connectivity index (χ1v) is 16.1. The van der Waals surface area contributed by atoms with Crippen LogP contribution >= 0.6 is 0 Å². The van der Waals surface area contributed by atoms with Gasteiger partial charge in [-0.2, -0.15) is 13.2 Å². The van der Waals surface area contributed by atoms with E-state index in [1.165, 1.54) is 33.4 Å². The molecule has 0 aliphatic carbocycles. The molecule has 0 radical (unpaired) electrons. The Hall–Kier alpha value is -6.20. The van der Waals surface area contributed by atoms with Crippen LogP contribution in [0.3, 0.4) is 0 Å². The zero-order chi connectivity index (χ0) is 33.1. The lowest BCUT2D eigenvalue weighted by Gasteiger charge is -2.16. The van der Waals surface area contributed by atoms with Crippen molar-refractivity contribution in [3.05, 3.63) is 169 Å². The van der Waals surface area contributed by atoms with Crippen LogP contribution in [-0.2, 0) is 6.18 Å². The Labute approximate surface area is 280 Å². The molecule has 9 rings (SSSR count). The monoisotopic (exact) mass is 640 g/mol. The molecule has 0 saturated heterocycles. The number of halogens is 3. The van der Waals surface area contributed by atoms with Gasteiger partial charge >= 0.3 is 6.18 Å². The highest BCUT2D eigenvalue weighted by Crippen LogP contribution is 2.42. The first-order chi connectivity index (χ1) is 23.9. The van der Waals surface area contributed by atoms with Crippen molar-refractivity contribution in [1.29, 1.82) is 0 Å². The normalized spacial score (nSPS) is 12.0. The minimum absolute atomic E-state index is 0.288. The molecule has 0 amide bonds. The van der Waals surface area contributed by atoms with E-state index in [9.17, 15) is 13.2 Å². The summed E-state index contributed by atoms with van der Waals surface area (Å²) >= 11 is 0. The van der Waals surface area contributed by atoms with Gasteiger partial charge in [-0.15, -0.1) is 0 Å². The first kappa shape index (κ1) is 29.0. The number of fused-ring (bicyclic) bond motifs is 6. The standard InChI is InChI=1S/C44H27F3N2/c45-44(46,47)31-22-23-42-41(25-31)48-43(49(42)32-16-5-2-6-17-32)30-15-11-14-29(24-30)38-27-40-35-20-9-7-18-33(35)37(28-12-3-1-4-13-28)26-39(40)36-21-10-8-19-34(36)38/h1-27H. The molecule has 0 bridgehead atoms. The summed E-state index contributed by atoms with van der Waals surface area (Å²) in [6, 6.07) is 53.7. The average molecular weight is 641 g/mol. The number of rotatable bonds is 4. The molecule has 0 fully saturated rings. The van der Waals surface area contributed by atoms with Gasteiger partial charge < -0.3 is 0 Å². The van der Waals surface area contributed by atoms with E-state index in [-0.39, 0.29) is 5.52 Å². The van der Waals surface area contributed by atoms with Crippen molar-refractivity contribution in [3.63, 3.8) is 0 Å². The number of nitrogens with zero attached hydrogens (tertiary/aromatic N) is 2. The molecule has 8 aromatic carbocycles. The molecule has 1 aromatic heterocycles. The van der Waals surface area contributed by atoms with Crippen molar-refractivity contribution in [2.24, 2.45) is 0 Å². The van der Waals surface area contributed by atoms with Crippen molar-refractivity contribution in [2.75, 3.05) is 0 Å². The maximum atomic E-state index is 13.7. The highest BCUT2D eigenvalue weighted by molar-refractivity contribution is 6.23. The van der Waals surface area contributed by atoms with Crippen LogP contribution in [0.25, 0.3) is 82.7 Å². The van der Waals surface area contributed by atoms with E-state index in [0.717, 1.165) is 50.7 Å². The van der Waals surface area contributed by atoms with Gasteiger partial charge in [0, 0.05) is 11.3 Å². The fraction of sp³-hybridized carbons (Fsp3) is 0.0227. The van der Waals surface area contributed by atoms with E-state index in [1.807, 2.05) is 53.1 Å². The van der Waals surface area contributed by atoms with E-state index in [0.29, 0.717) is 11.3 Å². The Kier molecular flexibility index (Phi) is 6.63. The molecule has 0 unspecified atom stereocenters. The maximum Gasteiger partial charge on any atom is 0.416 e. The maximum absolute atomic E-state index is 13.7. The summed E-state index contributed by atoms with van der Waals surface area (Å²) in [5.74, 6) is 0.574. The predicted molar refractivity (Wildman–Crippen MR) is 195 cm³/mol. The molecule has 0 aliphatic heterocycles. The summed E-state index contributed by atoms with van der Waals surface area (Å²) in [4.78, 5) is 4.82. The van der Waals surface area contributed by atoms with Crippen LogP contribution in [0.1, 0.15) is 5.56 Å². The van der Waals surface area contributed by atoms with Gasteiger partial charge in [-0.1, -0.05) is 115 Å². The third-order valence-electron chi connectivity index (χ3n) is 9.40. The van der Waals surface area contributed by atoms with E-state index in [4.69, 9.17) is 4.98 Å². The molecule has 234 valence electrons. The second-order valence-electron chi connectivity index (χ2n) is 12.3. The van der Waals surface area contributed by atoms with Crippen LogP contribution in [0, 0.1) is 0 Å². The number of hydrogen-bond acceptors (Lipinski definition) is 1. The van der Waals surface area contributed by atoms with Gasteiger partial charge in [0.1, 0.15) is 5.82 Å². The number of para-hydroxylation sites is 1. The summed E-state index contributed by atoms with van der Waals surface area (Å²) in [6.07, 6.45) is -4.46. The molecule has 0 spiro atoms. The number of aromatic nitrogens is 2. The summed E-state index contributed by atoms with van der Waals surface area (Å²) in [5.41, 5.74) is 6.23. The van der Waals surface area contributed by atoms with Gasteiger partial charge in [-0.3, -0.25) is 4.57 Å². The predicted octanol–water partition coefficient (Wildman–Crippen LogP) is 12.5. The van der Waals surface area contributed by atoms with Crippen LogP contribution in [-0.4, -0.2) is 9.55 Å². The van der Waals surface area contributed by atoms with Crippen molar-refractivity contribution in [1.82, 2.24) is 9.55 Å². The molecule has 0 aliphatic rings. The molecule has 9 aromatic rings. The molecule has 0 N–H and O–H groups in total. The Morgan fingerprint density at radius 2 is 0.959 bits per heavy atom. The lowest BCUT2D eigenvalue weighted by atomic mass is 9.87. The van der Waals surface area contributed by atoms with Gasteiger partial charge in [0.15, 0.2) is 0 Å². The van der Waals surface area contributed by atoms with Gasteiger partial charge in [-0.05, 0) is 103 Å². The highest BCUT2D eigenvalue weighted by atomic mass is 19.4. The van der Waals surface area contributed by atoms with E-state index >= 15 is 0 Å². The minimum Gasteiger partial charge on any atom is -0.292 e. The molecule has 0 saturated carbocycles. The van der Waals surface area contributed by atoms with Crippen molar-refractivity contribution < 1.29 is 13.2 Å². The Morgan fingerprint density at radius 1 is 0.429 bits per heavy atom. The Balaban J connectivity index is 1.29. The fourth-order valence-corrected chi connectivity index (χ4v) is 7.16. The fourth-order valence-electron chi connectivity index (χ4n) is 7.16. The number of imidazole rings is 1. The molecule has 1 heterocycles. The number of hydrogen-bond donors (Lipinski definition) is 0. The zero-order valence-corrected chi connectivity index (χ0v) is 26.1. The number of benzene rings is 8. The summed E-state index contributed by atoms with van der Waals surface area (Å²) in [7, 11) is 0. The zero-order valence-electron chi connectivity index (χ0n) is 26.1. The van der Waals surface area contributed by atoms with Gasteiger partial charge in [0.2, 0.25) is 0 Å². The summed E-state index contributed by atoms with van der Waals surface area (Å²) in [5, 5.41) is 6.97. The van der Waals surface area contributed by atoms with Crippen LogP contribution in [0.5, 0.6) is 0 Å². The van der Waals surface area contributed by atoms with Crippen molar-refractivity contribution in [2.45, 2.75) is 6.18 Å². The molecular weight excluding hydrogens is 613 g/mol. The van der Waals surface area contributed by atoms with E-state index in [2.05, 4.69) is 97.1 Å². The van der Waals surface area contributed by atoms with E-state index < -0.39 is 11.7 Å². The average Bonchev–Trinajstić information content (AvgIpc) is 3.54. The van der Waals surface area contributed by atoms with Crippen LogP contribution in [0.15, 0.2) is 164 Å². The second-order valence-corrected chi connectivity index (χ2v) is 12.3. The Bertz CT molecular complexity index is 2690. The summed E-state index contributed by atoms with van der Waals surface area (Å²) < 4.78 is 43.1. The first-order valence-electron chi connectivity index (χ1n) is 16.1. The summed E-state index contributed by atoms with van der Waals surface area (Å²) in [6.45, 7) is 0. The minimum atomic E-state index is -4.46. The molecule has 2 nitrogen and oxygen atoms in total. The Morgan fingerprint density at radius 3 is 1.59 bits per heavy atom. The lowest BCUT2D eigenvalue weighted by molar-refractivity contribution is -0.137. The van der Waals surface area contributed by atoms with E-state index in [1.54, 1.807) is 0 Å². The van der Waals surface area contributed by atoms with Gasteiger partial charge in [-0.25, -0.2) is 4.98 Å². The third kappa shape index (κ3) is 4.85. The highest BCUT2D eigenvalue weighted by Gasteiger charge is 2.31. The molecule has 5 heteroatoms. The second kappa shape index (κ2) is 11.2. The van der Waals surface area contributed by atoms with Crippen molar-refractivity contribution in [3.8, 4) is 39.3 Å². The molecule has 49 heavy (non-hydrogen) atoms. The van der Waals surface area contributed by atoms with Crippen LogP contribution in [0.4, 0.5) is 13.2 Å². The molecule has 0 atom stereocenters. The third-order valence-corrected chi connectivity index (χ3v) is 9.40. The largest absolute Gasteiger partial charge is 0.416 e. The van der Waals surface area contributed by atoms with Gasteiger partial charge in [0.25, 0.3) is 0 Å². The quantitative estimate of drug-likeness (QED) is 0.175. The lowest BCUT2D eigenvalue weighted by Crippen LogP contribution is -2.04. The number of alkyl halides is 3. The SMILES string of the molecule is FC(F)(F)c1ccc2c(c1)nc(-c1cccc(-c3cc4c5ccccc5c(-c5ccccc5)cc4c4ccccc34)c1)n2-c1ccccc1. The van der Waals surface area contributed by atoms with Gasteiger partial charge in [0.05, 0.1) is 16.6 Å². The van der Waals surface area contributed by atoms with Crippen molar-refractivity contribution >= 4 is 43.4 Å². The molecular formula is C44H27F3N2.